The van der Waals surface area contributed by atoms with E-state index in [2.05, 4.69) is 52.2 Å². The third kappa shape index (κ3) is 1.53. The molecule has 80 valence electrons. The first-order valence-electron chi connectivity index (χ1n) is 5.38. The molecule has 3 rings (SSSR count). The highest BCUT2D eigenvalue weighted by Crippen LogP contribution is 2.22. The van der Waals surface area contributed by atoms with Crippen LogP contribution in [0.25, 0.3) is 16.2 Å². The van der Waals surface area contributed by atoms with Crippen molar-refractivity contribution in [2.24, 2.45) is 0 Å². The van der Waals surface area contributed by atoms with E-state index in [1.54, 1.807) is 11.3 Å². The fourth-order valence-corrected chi connectivity index (χ4v) is 2.52. The first-order valence-corrected chi connectivity index (χ1v) is 6.26. The fourth-order valence-electron chi connectivity index (χ4n) is 1.82. The lowest BCUT2D eigenvalue weighted by Gasteiger charge is -1.99. The Hall–Kier alpha value is -1.61. The zero-order valence-electron chi connectivity index (χ0n) is 9.05. The van der Waals surface area contributed by atoms with Crippen LogP contribution in [0.1, 0.15) is 12.5 Å². The van der Waals surface area contributed by atoms with Gasteiger partial charge in [-0.3, -0.25) is 4.40 Å². The van der Waals surface area contributed by atoms with Crippen molar-refractivity contribution in [1.29, 1.82) is 0 Å². The molecule has 2 nitrogen and oxygen atoms in total. The summed E-state index contributed by atoms with van der Waals surface area (Å²) in [6, 6.07) is 8.58. The number of nitrogens with zero attached hydrogens (tertiary/aromatic N) is 2. The number of hydrogen-bond donors (Lipinski definition) is 0. The summed E-state index contributed by atoms with van der Waals surface area (Å²) in [6.45, 7) is 2.17. The summed E-state index contributed by atoms with van der Waals surface area (Å²) in [5.41, 5.74) is 3.62. The molecule has 0 saturated heterocycles. The zero-order chi connectivity index (χ0) is 11.0. The van der Waals surface area contributed by atoms with Gasteiger partial charge in [-0.1, -0.05) is 25.1 Å². The van der Waals surface area contributed by atoms with Crippen molar-refractivity contribution in [3.8, 4) is 11.3 Å². The Balaban J connectivity index is 2.11. The van der Waals surface area contributed by atoms with Crippen LogP contribution in [0.3, 0.4) is 0 Å². The van der Waals surface area contributed by atoms with Gasteiger partial charge < -0.3 is 0 Å². The normalized spacial score (nSPS) is 11.1. The van der Waals surface area contributed by atoms with Crippen LogP contribution in [0.2, 0.25) is 0 Å². The van der Waals surface area contributed by atoms with Crippen LogP contribution in [0.15, 0.2) is 42.0 Å². The minimum Gasteiger partial charge on any atom is -0.297 e. The third-order valence-corrected chi connectivity index (χ3v) is 3.49. The van der Waals surface area contributed by atoms with Gasteiger partial charge in [0.1, 0.15) is 0 Å². The number of fused-ring (bicyclic) bond motifs is 1. The molecule has 0 aliphatic rings. The van der Waals surface area contributed by atoms with Crippen LogP contribution in [0.5, 0.6) is 0 Å². The molecule has 0 bridgehead atoms. The molecular formula is C13H12N2S. The van der Waals surface area contributed by atoms with Gasteiger partial charge in [-0.05, 0) is 18.1 Å². The number of aryl methyl sites for hydroxylation is 1. The van der Waals surface area contributed by atoms with Crippen LogP contribution < -0.4 is 0 Å². The topological polar surface area (TPSA) is 17.3 Å². The third-order valence-electron chi connectivity index (χ3n) is 2.72. The average Bonchev–Trinajstić information content (AvgIpc) is 2.89. The van der Waals surface area contributed by atoms with E-state index < -0.39 is 0 Å². The molecule has 0 unspecified atom stereocenters. The zero-order valence-corrected chi connectivity index (χ0v) is 9.87. The highest BCUT2D eigenvalue weighted by molar-refractivity contribution is 7.15. The lowest BCUT2D eigenvalue weighted by atomic mass is 10.1. The molecular weight excluding hydrogens is 216 g/mol. The molecule has 0 amide bonds. The molecule has 2 heterocycles. The summed E-state index contributed by atoms with van der Waals surface area (Å²) in [4.78, 5) is 5.65. The van der Waals surface area contributed by atoms with Crippen LogP contribution >= 0.6 is 11.3 Å². The van der Waals surface area contributed by atoms with Crippen molar-refractivity contribution in [3.63, 3.8) is 0 Å². The standard InChI is InChI=1S/C13H12N2S/c1-2-10-4-3-5-11(8-10)12-9-15-6-7-16-13(15)14-12/h3-9H,2H2,1H3. The number of thiazole rings is 1. The Morgan fingerprint density at radius 2 is 2.31 bits per heavy atom. The molecule has 0 aliphatic heterocycles. The van der Waals surface area contributed by atoms with E-state index in [9.17, 15) is 0 Å². The van der Waals surface area contributed by atoms with Gasteiger partial charge in [-0.2, -0.15) is 0 Å². The van der Waals surface area contributed by atoms with Crippen molar-refractivity contribution < 1.29 is 0 Å². The molecule has 0 saturated carbocycles. The molecule has 0 fully saturated rings. The summed E-state index contributed by atoms with van der Waals surface area (Å²) >= 11 is 1.66. The van der Waals surface area contributed by atoms with E-state index in [0.29, 0.717) is 0 Å². The summed E-state index contributed by atoms with van der Waals surface area (Å²) < 4.78 is 2.07. The summed E-state index contributed by atoms with van der Waals surface area (Å²) in [6.07, 6.45) is 5.19. The number of hydrogen-bond acceptors (Lipinski definition) is 2. The SMILES string of the molecule is CCc1cccc(-c2cn3ccsc3n2)c1. The van der Waals surface area contributed by atoms with E-state index >= 15 is 0 Å². The largest absolute Gasteiger partial charge is 0.297 e. The van der Waals surface area contributed by atoms with Crippen LogP contribution in [0.4, 0.5) is 0 Å². The van der Waals surface area contributed by atoms with E-state index in [1.807, 2.05) is 6.20 Å². The van der Waals surface area contributed by atoms with Gasteiger partial charge >= 0.3 is 0 Å². The van der Waals surface area contributed by atoms with Gasteiger partial charge in [0.05, 0.1) is 5.69 Å². The lowest BCUT2D eigenvalue weighted by molar-refractivity contribution is 1.14. The highest BCUT2D eigenvalue weighted by atomic mass is 32.1. The molecule has 0 radical (unpaired) electrons. The van der Waals surface area contributed by atoms with Crippen molar-refractivity contribution >= 4 is 16.3 Å². The van der Waals surface area contributed by atoms with Gasteiger partial charge in [-0.25, -0.2) is 4.98 Å². The number of benzene rings is 1. The number of imidazole rings is 1. The summed E-state index contributed by atoms with van der Waals surface area (Å²) in [5, 5.41) is 2.05. The lowest BCUT2D eigenvalue weighted by Crippen LogP contribution is -1.82. The molecule has 0 aliphatic carbocycles. The predicted molar refractivity (Wildman–Crippen MR) is 67.9 cm³/mol. The molecule has 3 heteroatoms. The molecule has 0 spiro atoms. The molecule has 3 aromatic rings. The smallest absolute Gasteiger partial charge is 0.194 e. The van der Waals surface area contributed by atoms with E-state index in [4.69, 9.17) is 0 Å². The first-order chi connectivity index (χ1) is 7.86. The molecule has 16 heavy (non-hydrogen) atoms. The van der Waals surface area contributed by atoms with Gasteiger partial charge in [-0.15, -0.1) is 11.3 Å². The van der Waals surface area contributed by atoms with Crippen molar-refractivity contribution in [2.75, 3.05) is 0 Å². The average molecular weight is 228 g/mol. The Morgan fingerprint density at radius 1 is 1.38 bits per heavy atom. The van der Waals surface area contributed by atoms with E-state index in [0.717, 1.165) is 17.1 Å². The van der Waals surface area contributed by atoms with Gasteiger partial charge in [0, 0.05) is 23.3 Å². The molecule has 0 atom stereocenters. The van der Waals surface area contributed by atoms with Crippen LogP contribution in [0, 0.1) is 0 Å². The Bertz CT molecular complexity index is 593. The van der Waals surface area contributed by atoms with E-state index in [1.165, 1.54) is 11.1 Å². The first kappa shape index (κ1) is 9.60. The van der Waals surface area contributed by atoms with Crippen molar-refractivity contribution in [1.82, 2.24) is 9.38 Å². The second-order valence-electron chi connectivity index (χ2n) is 3.77. The Kier molecular flexibility index (Phi) is 2.26. The summed E-state index contributed by atoms with van der Waals surface area (Å²) in [7, 11) is 0. The number of rotatable bonds is 2. The fraction of sp³-hybridized carbons (Fsp3) is 0.154. The monoisotopic (exact) mass is 228 g/mol. The summed E-state index contributed by atoms with van der Waals surface area (Å²) in [5.74, 6) is 0. The minimum absolute atomic E-state index is 1.05. The highest BCUT2D eigenvalue weighted by Gasteiger charge is 2.04. The maximum Gasteiger partial charge on any atom is 0.194 e. The maximum atomic E-state index is 4.60. The van der Waals surface area contributed by atoms with Crippen molar-refractivity contribution in [3.05, 3.63) is 47.6 Å². The second-order valence-corrected chi connectivity index (χ2v) is 4.65. The van der Waals surface area contributed by atoms with Crippen LogP contribution in [-0.2, 0) is 6.42 Å². The number of aromatic nitrogens is 2. The van der Waals surface area contributed by atoms with Crippen LogP contribution in [-0.4, -0.2) is 9.38 Å². The maximum absolute atomic E-state index is 4.60. The predicted octanol–water partition coefficient (Wildman–Crippen LogP) is 3.63. The van der Waals surface area contributed by atoms with Gasteiger partial charge in [0.2, 0.25) is 0 Å². The molecule has 0 N–H and O–H groups in total. The quantitative estimate of drug-likeness (QED) is 0.654. The Labute approximate surface area is 98.2 Å². The van der Waals surface area contributed by atoms with E-state index in [-0.39, 0.29) is 0 Å². The Morgan fingerprint density at radius 3 is 3.12 bits per heavy atom. The van der Waals surface area contributed by atoms with Gasteiger partial charge in [0.15, 0.2) is 4.96 Å². The molecule has 1 aromatic carbocycles. The minimum atomic E-state index is 1.05. The molecule has 2 aromatic heterocycles. The second kappa shape index (κ2) is 3.76. The van der Waals surface area contributed by atoms with Gasteiger partial charge in [0.25, 0.3) is 0 Å². The van der Waals surface area contributed by atoms with Crippen molar-refractivity contribution in [2.45, 2.75) is 13.3 Å².